The number of benzene rings is 2. The van der Waals surface area contributed by atoms with Crippen molar-refractivity contribution in [2.24, 2.45) is 23.7 Å². The van der Waals surface area contributed by atoms with Crippen LogP contribution in [0.1, 0.15) is 55.5 Å². The second-order valence-corrected chi connectivity index (χ2v) is 13.3. The smallest absolute Gasteiger partial charge is 0.238 e. The standard InChI is InChI=1S/C33H36N2O5/c1-15-5-19-9-21(29(36)23-7-17(3)13-34(11-15)27(19)23)25-31(38)26(33(40)32(25)39)22-10-20-6-16(2)12-35-14-18(4)8-24(28(20)35)30(22)37/h9-10,15-18H,5-8,11-14H2,1-4H3,(H2,36,37,38,39,40)/p+1. The lowest BCUT2D eigenvalue weighted by molar-refractivity contribution is -0.129. The number of carbonyl (C=O) groups is 2. The molecule has 5 aliphatic rings. The molecule has 3 N–H and O–H groups in total. The summed E-state index contributed by atoms with van der Waals surface area (Å²) in [5.74, 6) is -0.729. The van der Waals surface area contributed by atoms with Crippen LogP contribution in [0.25, 0.3) is 11.1 Å². The largest absolute Gasteiger partial charge is 0.507 e. The summed E-state index contributed by atoms with van der Waals surface area (Å²) in [4.78, 5) is 29.4. The zero-order valence-corrected chi connectivity index (χ0v) is 23.7. The van der Waals surface area contributed by atoms with Gasteiger partial charge in [0, 0.05) is 52.5 Å². The first kappa shape index (κ1) is 25.4. The first-order chi connectivity index (χ1) is 19.0. The van der Waals surface area contributed by atoms with Crippen LogP contribution in [0.5, 0.6) is 11.5 Å². The molecule has 208 valence electrons. The molecule has 7 nitrogen and oxygen atoms in total. The van der Waals surface area contributed by atoms with Crippen molar-refractivity contribution in [1.29, 1.82) is 0 Å². The molecular formula is C33H37N2O5+. The molecular weight excluding hydrogens is 504 g/mol. The number of anilines is 1. The molecule has 4 heterocycles. The predicted octanol–water partition coefficient (Wildman–Crippen LogP) is 2.44. The van der Waals surface area contributed by atoms with Crippen molar-refractivity contribution < 1.29 is 24.9 Å². The lowest BCUT2D eigenvalue weighted by Gasteiger charge is -2.42. The second kappa shape index (κ2) is 8.69. The van der Waals surface area contributed by atoms with Crippen LogP contribution in [-0.4, -0.2) is 53.1 Å². The van der Waals surface area contributed by atoms with Gasteiger partial charge in [-0.05, 0) is 55.2 Å². The molecule has 0 saturated carbocycles. The van der Waals surface area contributed by atoms with Gasteiger partial charge >= 0.3 is 0 Å². The summed E-state index contributed by atoms with van der Waals surface area (Å²) in [6, 6.07) is 3.59. The molecule has 4 atom stereocenters. The highest BCUT2D eigenvalue weighted by molar-refractivity contribution is 6.70. The maximum atomic E-state index is 13.5. The van der Waals surface area contributed by atoms with E-state index in [4.69, 9.17) is 0 Å². The van der Waals surface area contributed by atoms with E-state index in [2.05, 4.69) is 37.2 Å². The normalized spacial score (nSPS) is 28.7. The van der Waals surface area contributed by atoms with Crippen LogP contribution in [0.4, 0.5) is 5.69 Å². The summed E-state index contributed by atoms with van der Waals surface area (Å²) in [5.41, 5.74) is 4.58. The topological polar surface area (TPSA) is 101 Å². The molecule has 0 saturated heterocycles. The van der Waals surface area contributed by atoms with Gasteiger partial charge in [-0.2, -0.15) is 0 Å². The third kappa shape index (κ3) is 3.52. The fourth-order valence-electron chi connectivity index (χ4n) is 8.22. The van der Waals surface area contributed by atoms with Crippen molar-refractivity contribution in [1.82, 2.24) is 4.58 Å². The van der Waals surface area contributed by atoms with E-state index in [-0.39, 0.29) is 33.4 Å². The van der Waals surface area contributed by atoms with E-state index in [1.54, 1.807) is 12.1 Å². The number of aliphatic hydroxyl groups excluding tert-OH is 1. The third-order valence-corrected chi connectivity index (χ3v) is 9.57. The number of aliphatic hydroxyl groups is 1. The molecule has 4 unspecified atom stereocenters. The van der Waals surface area contributed by atoms with E-state index in [1.807, 2.05) is 0 Å². The molecule has 0 radical (unpaired) electrons. The van der Waals surface area contributed by atoms with E-state index >= 15 is 0 Å². The number of aromatic hydroxyl groups is 2. The van der Waals surface area contributed by atoms with Gasteiger partial charge in [0.05, 0.1) is 16.7 Å². The number of hydrogen-bond donors (Lipinski definition) is 3. The summed E-state index contributed by atoms with van der Waals surface area (Å²) in [5, 5.41) is 35.9. The Labute approximate surface area is 233 Å². The predicted molar refractivity (Wildman–Crippen MR) is 153 cm³/mol. The minimum atomic E-state index is -0.839. The van der Waals surface area contributed by atoms with E-state index in [1.165, 1.54) is 0 Å². The highest BCUT2D eigenvalue weighted by Gasteiger charge is 2.42. The number of rotatable bonds is 1. The molecule has 2 aromatic rings. The molecule has 7 rings (SSSR count). The Morgan fingerprint density at radius 2 is 1.32 bits per heavy atom. The Kier molecular flexibility index (Phi) is 5.51. The van der Waals surface area contributed by atoms with Gasteiger partial charge in [0.15, 0.2) is 0 Å². The molecule has 40 heavy (non-hydrogen) atoms. The molecule has 4 aliphatic heterocycles. The Bertz CT molecular complexity index is 1690. The van der Waals surface area contributed by atoms with Gasteiger partial charge in [0.2, 0.25) is 16.9 Å². The molecule has 0 bridgehead atoms. The SMILES string of the molecule is CC1Cc2cc(C3=C(O)/C(=c4\cc5c6c(c4O)CC(C)C[N+]=6CC(C)C5)C(=O)C3=O)c(O)c3c2N(C1)CC(C)C3. The van der Waals surface area contributed by atoms with Crippen molar-refractivity contribution in [3.8, 4) is 11.5 Å². The summed E-state index contributed by atoms with van der Waals surface area (Å²) >= 11 is 0. The Hall–Kier alpha value is -3.61. The molecule has 0 spiro atoms. The second-order valence-electron chi connectivity index (χ2n) is 13.3. The maximum absolute atomic E-state index is 13.5. The Balaban J connectivity index is 1.49. The Morgan fingerprint density at radius 3 is 2.05 bits per heavy atom. The van der Waals surface area contributed by atoms with E-state index < -0.39 is 17.3 Å². The lowest BCUT2D eigenvalue weighted by Crippen LogP contribution is -2.49. The quantitative estimate of drug-likeness (QED) is 0.379. The number of nitrogens with zero attached hydrogens (tertiary/aromatic N) is 2. The van der Waals surface area contributed by atoms with E-state index in [0.717, 1.165) is 72.3 Å². The number of phenols is 2. The number of phenolic OH excluding ortho intramolecular Hbond substituents is 2. The van der Waals surface area contributed by atoms with Crippen molar-refractivity contribution >= 4 is 28.4 Å². The van der Waals surface area contributed by atoms with Gasteiger partial charge < -0.3 is 20.2 Å². The average Bonchev–Trinajstić information content (AvgIpc) is 3.09. The molecule has 0 fully saturated rings. The molecule has 1 aliphatic carbocycles. The van der Waals surface area contributed by atoms with Gasteiger partial charge in [-0.3, -0.25) is 9.59 Å². The summed E-state index contributed by atoms with van der Waals surface area (Å²) in [7, 11) is 0. The van der Waals surface area contributed by atoms with Crippen LogP contribution in [0.15, 0.2) is 17.9 Å². The van der Waals surface area contributed by atoms with Crippen molar-refractivity contribution in [2.75, 3.05) is 31.1 Å². The summed E-state index contributed by atoms with van der Waals surface area (Å²) in [6.45, 7) is 12.3. The highest BCUT2D eigenvalue weighted by atomic mass is 16.3. The molecule has 0 aromatic heterocycles. The van der Waals surface area contributed by atoms with Gasteiger partial charge in [-0.1, -0.05) is 27.7 Å². The summed E-state index contributed by atoms with van der Waals surface area (Å²) in [6.07, 6.45) is 2.94. The minimum absolute atomic E-state index is 0.0307. The minimum Gasteiger partial charge on any atom is -0.507 e. The fraction of sp³-hybridized carbons (Fsp3) is 0.485. The molecule has 2 aromatic carbocycles. The maximum Gasteiger partial charge on any atom is 0.238 e. The fourth-order valence-corrected chi connectivity index (χ4v) is 8.22. The number of carbonyl (C=O) groups excluding carboxylic acids is 2. The van der Waals surface area contributed by atoms with Gasteiger partial charge in [-0.15, -0.1) is 0 Å². The van der Waals surface area contributed by atoms with Gasteiger partial charge in [0.25, 0.3) is 0 Å². The van der Waals surface area contributed by atoms with Gasteiger partial charge in [-0.25, -0.2) is 4.58 Å². The van der Waals surface area contributed by atoms with Crippen molar-refractivity contribution in [2.45, 2.75) is 53.4 Å². The third-order valence-electron chi connectivity index (χ3n) is 9.57. The number of ketones is 2. The number of Topliss-reactive ketones (excluding diaryl/α,β-unsaturated/α-hetero) is 2. The first-order valence-electron chi connectivity index (χ1n) is 14.7. The monoisotopic (exact) mass is 541 g/mol. The van der Waals surface area contributed by atoms with Crippen LogP contribution >= 0.6 is 0 Å². The van der Waals surface area contributed by atoms with Crippen LogP contribution in [0, 0.1) is 23.7 Å². The zero-order chi connectivity index (χ0) is 28.2. The zero-order valence-electron chi connectivity index (χ0n) is 23.7. The molecule has 0 amide bonds. The van der Waals surface area contributed by atoms with Crippen LogP contribution < -0.4 is 20.1 Å². The van der Waals surface area contributed by atoms with Crippen molar-refractivity contribution in [3.05, 3.63) is 56.3 Å². The van der Waals surface area contributed by atoms with Gasteiger partial charge in [0.1, 0.15) is 30.3 Å². The average molecular weight is 542 g/mol. The number of hydrogen-bond acceptors (Lipinski definition) is 6. The van der Waals surface area contributed by atoms with Crippen LogP contribution in [-0.2, 0) is 35.3 Å². The van der Waals surface area contributed by atoms with E-state index in [0.29, 0.717) is 36.5 Å². The van der Waals surface area contributed by atoms with Crippen molar-refractivity contribution in [3.63, 3.8) is 0 Å². The van der Waals surface area contributed by atoms with Crippen LogP contribution in [0.2, 0.25) is 0 Å². The van der Waals surface area contributed by atoms with Crippen LogP contribution in [0.3, 0.4) is 0 Å². The highest BCUT2D eigenvalue weighted by Crippen LogP contribution is 2.47. The molecule has 7 heteroatoms. The Morgan fingerprint density at radius 1 is 0.725 bits per heavy atom. The number of allylic oxidation sites excluding steroid dienone is 2. The first-order valence-corrected chi connectivity index (χ1v) is 14.7. The van der Waals surface area contributed by atoms with E-state index in [9.17, 15) is 24.9 Å². The lowest BCUT2D eigenvalue weighted by atomic mass is 9.81. The summed E-state index contributed by atoms with van der Waals surface area (Å²) < 4.78 is 2.33.